The number of carbonyl (C=O) groups excluding carboxylic acids is 1. The summed E-state index contributed by atoms with van der Waals surface area (Å²) >= 11 is 1.61. The third-order valence-corrected chi connectivity index (χ3v) is 2.55. The topological polar surface area (TPSA) is 67.8 Å². The average Bonchev–Trinajstić information content (AvgIpc) is 2.17. The lowest BCUT2D eigenvalue weighted by Crippen LogP contribution is -2.60. The molecule has 3 N–H and O–H groups in total. The van der Waals surface area contributed by atoms with Crippen LogP contribution in [-0.4, -0.2) is 12.2 Å². The predicted molar refractivity (Wildman–Crippen MR) is 48.9 cm³/mol. The molecule has 0 heterocycles. The molecule has 0 amide bonds. The molecule has 0 aromatic heterocycles. The zero-order valence-electron chi connectivity index (χ0n) is 7.32. The smallest absolute Gasteiger partial charge is 0.150 e. The van der Waals surface area contributed by atoms with Crippen molar-refractivity contribution in [1.82, 2.24) is 0 Å². The third-order valence-electron chi connectivity index (χ3n) is 1.80. The molecule has 0 bridgehead atoms. The second kappa shape index (κ2) is 4.30. The van der Waals surface area contributed by atoms with Crippen LogP contribution in [0.2, 0.25) is 0 Å². The number of quaternary nitrogens is 1. The van der Waals surface area contributed by atoms with E-state index >= 15 is 0 Å². The molecule has 0 spiro atoms. The number of carboxylic acid groups (broad SMARTS) is 1. The maximum Gasteiger partial charge on any atom is 0.150 e. The van der Waals surface area contributed by atoms with Crippen LogP contribution in [0.5, 0.6) is 0 Å². The second-order valence-electron chi connectivity index (χ2n) is 2.64. The molecule has 1 rings (SSSR count). The summed E-state index contributed by atoms with van der Waals surface area (Å²) in [6.45, 7) is 0. The lowest BCUT2D eigenvalue weighted by Gasteiger charge is -2.09. The van der Waals surface area contributed by atoms with Gasteiger partial charge in [0.1, 0.15) is 5.97 Å². The summed E-state index contributed by atoms with van der Waals surface area (Å²) < 4.78 is 0. The van der Waals surface area contributed by atoms with Gasteiger partial charge < -0.3 is 15.6 Å². The number of carboxylic acids is 1. The Morgan fingerprint density at radius 3 is 2.38 bits per heavy atom. The zero-order valence-corrected chi connectivity index (χ0v) is 8.14. The van der Waals surface area contributed by atoms with E-state index in [1.165, 1.54) is 0 Å². The molecule has 1 aromatic carbocycles. The van der Waals surface area contributed by atoms with Gasteiger partial charge in [-0.2, -0.15) is 0 Å². The van der Waals surface area contributed by atoms with Crippen molar-refractivity contribution in [2.24, 2.45) is 0 Å². The summed E-state index contributed by atoms with van der Waals surface area (Å²) in [7, 11) is 0. The lowest BCUT2D eigenvalue weighted by molar-refractivity contribution is -0.443. The maximum absolute atomic E-state index is 10.5. The van der Waals surface area contributed by atoms with Gasteiger partial charge in [0.2, 0.25) is 0 Å². The molecule has 0 aliphatic heterocycles. The Hall–Kier alpha value is -1.00. The molecule has 0 radical (unpaired) electrons. The molecule has 0 saturated heterocycles. The molecule has 1 atom stereocenters. The number of carbonyl (C=O) groups is 1. The van der Waals surface area contributed by atoms with E-state index in [2.05, 4.69) is 5.73 Å². The van der Waals surface area contributed by atoms with E-state index in [4.69, 9.17) is 0 Å². The highest BCUT2D eigenvalue weighted by Crippen LogP contribution is 2.16. The first-order chi connectivity index (χ1) is 6.15. The molecule has 4 heteroatoms. The maximum atomic E-state index is 10.5. The highest BCUT2D eigenvalue weighted by Gasteiger charge is 2.09. The minimum absolute atomic E-state index is 0.679. The van der Waals surface area contributed by atoms with E-state index < -0.39 is 12.0 Å². The molecule has 0 aliphatic rings. The van der Waals surface area contributed by atoms with Crippen LogP contribution in [0.15, 0.2) is 29.2 Å². The molecule has 70 valence electrons. The first kappa shape index (κ1) is 10.1. The second-order valence-corrected chi connectivity index (χ2v) is 3.52. The van der Waals surface area contributed by atoms with Crippen molar-refractivity contribution >= 4 is 17.7 Å². The molecule has 0 saturated carbocycles. The Morgan fingerprint density at radius 1 is 1.46 bits per heavy atom. The van der Waals surface area contributed by atoms with Crippen LogP contribution in [0.25, 0.3) is 0 Å². The highest BCUT2D eigenvalue weighted by molar-refractivity contribution is 7.98. The van der Waals surface area contributed by atoms with Gasteiger partial charge in [-0.05, 0) is 18.4 Å². The summed E-state index contributed by atoms with van der Waals surface area (Å²) in [5.74, 6) is -1.14. The molecular weight excluding hydrogens is 186 g/mol. The molecule has 13 heavy (non-hydrogen) atoms. The van der Waals surface area contributed by atoms with Crippen LogP contribution in [0.3, 0.4) is 0 Å². The molecule has 1 aromatic rings. The average molecular weight is 197 g/mol. The molecule has 0 fully saturated rings. The minimum atomic E-state index is -1.14. The Labute approximate surface area is 80.9 Å². The normalized spacial score (nSPS) is 12.5. The monoisotopic (exact) mass is 197 g/mol. The van der Waals surface area contributed by atoms with Crippen LogP contribution in [-0.2, 0) is 4.79 Å². The molecular formula is C9H11NO2S. The Balaban J connectivity index is 2.85. The Morgan fingerprint density at radius 2 is 2.00 bits per heavy atom. The van der Waals surface area contributed by atoms with Crippen molar-refractivity contribution in [2.45, 2.75) is 10.9 Å². The van der Waals surface area contributed by atoms with Gasteiger partial charge in [-0.15, -0.1) is 11.8 Å². The van der Waals surface area contributed by atoms with E-state index in [-0.39, 0.29) is 0 Å². The van der Waals surface area contributed by atoms with Gasteiger partial charge in [-0.3, -0.25) is 0 Å². The first-order valence-electron chi connectivity index (χ1n) is 3.83. The Kier molecular flexibility index (Phi) is 3.33. The largest absolute Gasteiger partial charge is 0.544 e. The van der Waals surface area contributed by atoms with Crippen LogP contribution in [0, 0.1) is 0 Å². The molecule has 0 aliphatic carbocycles. The van der Waals surface area contributed by atoms with Crippen molar-refractivity contribution in [3.8, 4) is 0 Å². The van der Waals surface area contributed by atoms with E-state index in [0.29, 0.717) is 5.56 Å². The van der Waals surface area contributed by atoms with Crippen molar-refractivity contribution in [3.05, 3.63) is 29.8 Å². The Bertz CT molecular complexity index is 297. The van der Waals surface area contributed by atoms with Crippen LogP contribution >= 0.6 is 11.8 Å². The van der Waals surface area contributed by atoms with E-state index in [0.717, 1.165) is 4.90 Å². The van der Waals surface area contributed by atoms with Crippen molar-refractivity contribution in [2.75, 3.05) is 6.26 Å². The van der Waals surface area contributed by atoms with Crippen LogP contribution < -0.4 is 10.8 Å². The number of hydrogen-bond donors (Lipinski definition) is 1. The van der Waals surface area contributed by atoms with Gasteiger partial charge in [0, 0.05) is 10.5 Å². The standard InChI is InChI=1S/C9H11NO2S/c1-13-7-4-2-6(3-5-7)8(10)9(11)12/h2-5,8H,10H2,1H3,(H,11,12)/t8-/m0/s1. The van der Waals surface area contributed by atoms with Gasteiger partial charge in [-0.1, -0.05) is 12.1 Å². The van der Waals surface area contributed by atoms with Gasteiger partial charge in [0.15, 0.2) is 6.04 Å². The number of hydrogen-bond acceptors (Lipinski definition) is 3. The van der Waals surface area contributed by atoms with E-state index in [9.17, 15) is 9.90 Å². The SMILES string of the molecule is CSc1ccc([C@H]([NH3+])C(=O)[O-])cc1. The fraction of sp³-hybridized carbons (Fsp3) is 0.222. The van der Waals surface area contributed by atoms with E-state index in [1.54, 1.807) is 23.9 Å². The third kappa shape index (κ3) is 2.47. The highest BCUT2D eigenvalue weighted by atomic mass is 32.2. The summed E-state index contributed by atoms with van der Waals surface area (Å²) in [5.41, 5.74) is 4.17. The number of aliphatic carboxylic acids is 1. The summed E-state index contributed by atoms with van der Waals surface area (Å²) in [6, 6.07) is 6.50. The van der Waals surface area contributed by atoms with Gasteiger partial charge >= 0.3 is 0 Å². The quantitative estimate of drug-likeness (QED) is 0.660. The zero-order chi connectivity index (χ0) is 9.84. The first-order valence-corrected chi connectivity index (χ1v) is 5.05. The van der Waals surface area contributed by atoms with Crippen LogP contribution in [0.1, 0.15) is 11.6 Å². The molecule has 0 unspecified atom stereocenters. The molecule has 3 nitrogen and oxygen atoms in total. The van der Waals surface area contributed by atoms with E-state index in [1.807, 2.05) is 18.4 Å². The number of rotatable bonds is 3. The van der Waals surface area contributed by atoms with Gasteiger partial charge in [-0.25, -0.2) is 0 Å². The summed E-state index contributed by atoms with van der Waals surface area (Å²) in [5, 5.41) is 10.5. The minimum Gasteiger partial charge on any atom is -0.544 e. The van der Waals surface area contributed by atoms with Crippen molar-refractivity contribution < 1.29 is 15.6 Å². The van der Waals surface area contributed by atoms with Gasteiger partial charge in [0.25, 0.3) is 0 Å². The number of benzene rings is 1. The van der Waals surface area contributed by atoms with Gasteiger partial charge in [0.05, 0.1) is 0 Å². The fourth-order valence-electron chi connectivity index (χ4n) is 0.972. The summed E-state index contributed by atoms with van der Waals surface area (Å²) in [6.07, 6.45) is 1.97. The fourth-order valence-corrected chi connectivity index (χ4v) is 1.38. The van der Waals surface area contributed by atoms with Crippen molar-refractivity contribution in [1.29, 1.82) is 0 Å². The van der Waals surface area contributed by atoms with Crippen molar-refractivity contribution in [3.63, 3.8) is 0 Å². The summed E-state index contributed by atoms with van der Waals surface area (Å²) in [4.78, 5) is 11.6. The lowest BCUT2D eigenvalue weighted by atomic mass is 10.1. The number of thioether (sulfide) groups is 1. The predicted octanol–water partition coefficient (Wildman–Crippen LogP) is -0.559. The van der Waals surface area contributed by atoms with Crippen LogP contribution in [0.4, 0.5) is 0 Å².